The minimum atomic E-state index is -3.78. The number of nitrogens with zero attached hydrogens (tertiary/aromatic N) is 1. The van der Waals surface area contributed by atoms with Gasteiger partial charge >= 0.3 is 0 Å². The zero-order valence-corrected chi connectivity index (χ0v) is 25.6. The van der Waals surface area contributed by atoms with Crippen molar-refractivity contribution in [3.63, 3.8) is 0 Å². The van der Waals surface area contributed by atoms with Crippen molar-refractivity contribution in [1.29, 1.82) is 0 Å². The van der Waals surface area contributed by atoms with Gasteiger partial charge in [-0.05, 0) is 49.9 Å². The first-order valence-corrected chi connectivity index (χ1v) is 17.7. The van der Waals surface area contributed by atoms with Crippen molar-refractivity contribution in [3.8, 4) is 0 Å². The summed E-state index contributed by atoms with van der Waals surface area (Å²) in [6.45, 7) is 6.54. The third kappa shape index (κ3) is 6.39. The van der Waals surface area contributed by atoms with Crippen LogP contribution in [0.3, 0.4) is 0 Å². The van der Waals surface area contributed by atoms with Gasteiger partial charge in [0, 0.05) is 5.41 Å². The molecule has 2 saturated carbocycles. The van der Waals surface area contributed by atoms with Gasteiger partial charge in [0.1, 0.15) is 0 Å². The summed E-state index contributed by atoms with van der Waals surface area (Å²) >= 11 is 0. The Bertz CT molecular complexity index is 922. The molecule has 8 heteroatoms. The summed E-state index contributed by atoms with van der Waals surface area (Å²) in [5.74, 6) is -0.326. The van der Waals surface area contributed by atoms with Crippen molar-refractivity contribution >= 4 is 15.9 Å². The molecule has 0 aromatic heterocycles. The van der Waals surface area contributed by atoms with Gasteiger partial charge in [-0.15, -0.1) is 0 Å². The second-order valence-electron chi connectivity index (χ2n) is 13.7. The molecule has 3 unspecified atom stereocenters. The molecule has 2 N–H and O–H groups in total. The predicted octanol–water partition coefficient (Wildman–Crippen LogP) is 5.71. The first kappa shape index (κ1) is 31.2. The van der Waals surface area contributed by atoms with E-state index in [1.807, 2.05) is 0 Å². The van der Waals surface area contributed by atoms with Crippen LogP contribution in [0.2, 0.25) is 0 Å². The number of aliphatic hydroxyl groups excluding tert-OH is 2. The van der Waals surface area contributed by atoms with Crippen LogP contribution >= 0.6 is 0 Å². The van der Waals surface area contributed by atoms with Crippen LogP contribution in [0.1, 0.15) is 136 Å². The number of hydrogen-bond acceptors (Lipinski definition) is 6. The zero-order chi connectivity index (χ0) is 28.3. The number of fused-ring (bicyclic) bond motifs is 1. The van der Waals surface area contributed by atoms with Crippen molar-refractivity contribution in [1.82, 2.24) is 4.31 Å². The van der Waals surface area contributed by atoms with Crippen LogP contribution in [-0.4, -0.2) is 65.1 Å². The van der Waals surface area contributed by atoms with E-state index in [1.165, 1.54) is 64.2 Å². The SMILES string of the molecule is CCCCCCCCCCCCCC[C@H](O)[C@@H]1CC[C@H]([C@H](O)C(=O)N2C3CC4CCC3(CS2(=O)=O)C4(C)C)O1. The van der Waals surface area contributed by atoms with Crippen LogP contribution < -0.4 is 0 Å². The minimum absolute atomic E-state index is 0.00145. The third-order valence-corrected chi connectivity index (χ3v) is 13.0. The van der Waals surface area contributed by atoms with Crippen LogP contribution in [0.4, 0.5) is 0 Å². The Kier molecular flexibility index (Phi) is 10.5. The summed E-state index contributed by atoms with van der Waals surface area (Å²) in [6.07, 6.45) is 16.1. The predicted molar refractivity (Wildman–Crippen MR) is 154 cm³/mol. The Hall–Kier alpha value is -0.700. The molecule has 7 nitrogen and oxygen atoms in total. The van der Waals surface area contributed by atoms with E-state index < -0.39 is 45.8 Å². The second kappa shape index (κ2) is 13.1. The molecule has 2 heterocycles. The maximum Gasteiger partial charge on any atom is 0.267 e. The number of carbonyl (C=O) groups is 1. The van der Waals surface area contributed by atoms with E-state index in [9.17, 15) is 23.4 Å². The molecule has 4 aliphatic rings. The Morgan fingerprint density at radius 3 is 2.05 bits per heavy atom. The Morgan fingerprint density at radius 2 is 1.46 bits per heavy atom. The Morgan fingerprint density at radius 1 is 0.897 bits per heavy atom. The molecular formula is C31H55NO6S. The lowest BCUT2D eigenvalue weighted by atomic mass is 9.69. The van der Waals surface area contributed by atoms with E-state index in [1.54, 1.807) is 0 Å². The quantitative estimate of drug-likeness (QED) is 0.231. The van der Waals surface area contributed by atoms with Crippen molar-refractivity contribution in [2.75, 3.05) is 5.75 Å². The smallest absolute Gasteiger partial charge is 0.267 e. The van der Waals surface area contributed by atoms with E-state index in [0.29, 0.717) is 31.6 Å². The summed E-state index contributed by atoms with van der Waals surface area (Å²) in [7, 11) is -3.78. The molecule has 2 aliphatic heterocycles. The molecule has 2 bridgehead atoms. The van der Waals surface area contributed by atoms with E-state index >= 15 is 0 Å². The molecule has 2 aliphatic carbocycles. The van der Waals surface area contributed by atoms with Crippen molar-refractivity contribution in [3.05, 3.63) is 0 Å². The maximum absolute atomic E-state index is 13.4. The van der Waals surface area contributed by atoms with Gasteiger partial charge in [0.15, 0.2) is 6.10 Å². The highest BCUT2D eigenvalue weighted by molar-refractivity contribution is 7.90. The number of carbonyl (C=O) groups excluding carboxylic acids is 1. The number of sulfonamides is 1. The normalized spacial score (nSPS) is 33.9. The number of rotatable bonds is 16. The number of hydrogen-bond donors (Lipinski definition) is 2. The summed E-state index contributed by atoms with van der Waals surface area (Å²) in [5.41, 5.74) is -0.535. The van der Waals surface area contributed by atoms with Crippen molar-refractivity contribution < 1.29 is 28.2 Å². The van der Waals surface area contributed by atoms with Gasteiger partial charge in [0.25, 0.3) is 5.91 Å². The highest BCUT2D eigenvalue weighted by Crippen LogP contribution is 2.70. The summed E-state index contributed by atoms with van der Waals surface area (Å²) < 4.78 is 33.4. The molecule has 0 aromatic rings. The lowest BCUT2D eigenvalue weighted by Crippen LogP contribution is -2.50. The molecule has 0 radical (unpaired) electrons. The topological polar surface area (TPSA) is 104 Å². The lowest BCUT2D eigenvalue weighted by molar-refractivity contribution is -0.148. The fourth-order valence-electron chi connectivity index (χ4n) is 8.45. The van der Waals surface area contributed by atoms with Crippen LogP contribution in [0.15, 0.2) is 0 Å². The maximum atomic E-state index is 13.4. The average molecular weight is 570 g/mol. The minimum Gasteiger partial charge on any atom is -0.390 e. The lowest BCUT2D eigenvalue weighted by Gasteiger charge is -2.37. The second-order valence-corrected chi connectivity index (χ2v) is 15.6. The molecule has 1 amide bonds. The number of unbranched alkanes of at least 4 members (excludes halogenated alkanes) is 11. The first-order valence-electron chi connectivity index (χ1n) is 16.1. The summed E-state index contributed by atoms with van der Waals surface area (Å²) in [6, 6.07) is -0.355. The third-order valence-electron chi connectivity index (χ3n) is 11.1. The van der Waals surface area contributed by atoms with Crippen LogP contribution in [0, 0.1) is 16.7 Å². The van der Waals surface area contributed by atoms with E-state index in [-0.39, 0.29) is 17.2 Å². The molecule has 4 fully saturated rings. The standard InChI is InChI=1S/C31H55NO6S/c1-4-5-6-7-8-9-10-11-12-13-14-15-16-24(33)25-17-18-26(38-25)28(34)29(35)32-27-21-23-19-20-31(27,30(23,2)3)22-39(32,36)37/h23-28,33-34H,4-22H2,1-3H3/t23?,24-,25-,26+,27?,28-,31?/m0/s1. The molecule has 2 saturated heterocycles. The van der Waals surface area contributed by atoms with Gasteiger partial charge in [-0.25, -0.2) is 12.7 Å². The van der Waals surface area contributed by atoms with Gasteiger partial charge in [-0.2, -0.15) is 0 Å². The molecule has 1 spiro atoms. The molecule has 7 atom stereocenters. The van der Waals surface area contributed by atoms with Crippen LogP contribution in [0.25, 0.3) is 0 Å². The molecule has 226 valence electrons. The number of aliphatic hydroxyl groups is 2. The Balaban J connectivity index is 1.15. The van der Waals surface area contributed by atoms with Gasteiger partial charge in [-0.1, -0.05) is 97.8 Å². The largest absolute Gasteiger partial charge is 0.390 e. The fourth-order valence-corrected chi connectivity index (χ4v) is 11.0. The van der Waals surface area contributed by atoms with E-state index in [0.717, 1.165) is 30.0 Å². The van der Waals surface area contributed by atoms with Gasteiger partial charge < -0.3 is 14.9 Å². The molecular weight excluding hydrogens is 514 g/mol. The number of amides is 1. The summed E-state index contributed by atoms with van der Waals surface area (Å²) in [5, 5.41) is 21.7. The van der Waals surface area contributed by atoms with E-state index in [4.69, 9.17) is 4.74 Å². The van der Waals surface area contributed by atoms with Crippen molar-refractivity contribution in [2.24, 2.45) is 16.7 Å². The summed E-state index contributed by atoms with van der Waals surface area (Å²) in [4.78, 5) is 13.4. The first-order chi connectivity index (χ1) is 18.5. The van der Waals surface area contributed by atoms with Gasteiger partial charge in [0.05, 0.1) is 30.1 Å². The highest BCUT2D eigenvalue weighted by atomic mass is 32.2. The fraction of sp³-hybridized carbons (Fsp3) is 0.968. The average Bonchev–Trinajstić information content (AvgIpc) is 3.59. The number of ether oxygens (including phenoxy) is 1. The van der Waals surface area contributed by atoms with Gasteiger partial charge in [-0.3, -0.25) is 4.79 Å². The van der Waals surface area contributed by atoms with E-state index in [2.05, 4.69) is 20.8 Å². The zero-order valence-electron chi connectivity index (χ0n) is 24.8. The molecule has 0 aromatic carbocycles. The van der Waals surface area contributed by atoms with Crippen molar-refractivity contribution in [2.45, 2.75) is 167 Å². The Labute approximate surface area is 237 Å². The highest BCUT2D eigenvalue weighted by Gasteiger charge is 2.72. The molecule has 39 heavy (non-hydrogen) atoms. The molecule has 4 rings (SSSR count). The van der Waals surface area contributed by atoms with Crippen LogP contribution in [-0.2, 0) is 19.6 Å². The van der Waals surface area contributed by atoms with Gasteiger partial charge in [0.2, 0.25) is 10.0 Å². The monoisotopic (exact) mass is 569 g/mol. The van der Waals surface area contributed by atoms with Crippen LogP contribution in [0.5, 0.6) is 0 Å².